The molecule has 35 heavy (non-hydrogen) atoms. The van der Waals surface area contributed by atoms with Gasteiger partial charge in [0.15, 0.2) is 5.78 Å². The molecule has 0 N–H and O–H groups in total. The van der Waals surface area contributed by atoms with Gasteiger partial charge in [0.1, 0.15) is 11.5 Å². The second-order valence-electron chi connectivity index (χ2n) is 8.28. The van der Waals surface area contributed by atoms with Gasteiger partial charge in [-0.25, -0.2) is 9.18 Å². The lowest BCUT2D eigenvalue weighted by molar-refractivity contribution is 0.0586. The van der Waals surface area contributed by atoms with Crippen molar-refractivity contribution in [3.05, 3.63) is 93.0 Å². The van der Waals surface area contributed by atoms with Gasteiger partial charge in [-0.15, -0.1) is 0 Å². The highest BCUT2D eigenvalue weighted by atomic mass is 35.5. The number of benzene rings is 2. The standard InChI is InChI=1S/C27H28ClFN2O4/c1-6-30-17(3)23(16(2)24(30)27(34)35-5)25(32)18(4)31(15-19-7-13-22(29)14-8-19)26(33)20-9-11-21(28)12-10-20/h7-14,18H,6,15H2,1-5H3. The number of methoxy groups -OCH3 is 1. The Morgan fingerprint density at radius 2 is 1.66 bits per heavy atom. The molecule has 0 saturated heterocycles. The number of carbonyl (C=O) groups is 3. The molecule has 8 heteroatoms. The highest BCUT2D eigenvalue weighted by Gasteiger charge is 2.33. The molecule has 0 spiro atoms. The van der Waals surface area contributed by atoms with Crippen LogP contribution in [0.4, 0.5) is 4.39 Å². The van der Waals surface area contributed by atoms with Crippen LogP contribution in [0.5, 0.6) is 0 Å². The van der Waals surface area contributed by atoms with Crippen LogP contribution in [0.15, 0.2) is 48.5 Å². The van der Waals surface area contributed by atoms with E-state index in [-0.39, 0.29) is 18.2 Å². The molecule has 2 aromatic carbocycles. The molecule has 0 aliphatic heterocycles. The number of aromatic nitrogens is 1. The van der Waals surface area contributed by atoms with E-state index >= 15 is 0 Å². The normalized spacial score (nSPS) is 11.7. The molecule has 1 aromatic heterocycles. The molecule has 0 aliphatic rings. The zero-order valence-electron chi connectivity index (χ0n) is 20.4. The lowest BCUT2D eigenvalue weighted by Crippen LogP contribution is -2.43. The summed E-state index contributed by atoms with van der Waals surface area (Å²) in [5, 5.41) is 0.484. The highest BCUT2D eigenvalue weighted by molar-refractivity contribution is 6.30. The van der Waals surface area contributed by atoms with Gasteiger partial charge in [0, 0.05) is 34.9 Å². The van der Waals surface area contributed by atoms with Crippen LogP contribution >= 0.6 is 11.6 Å². The van der Waals surface area contributed by atoms with E-state index in [1.807, 2.05) is 6.92 Å². The first-order valence-corrected chi connectivity index (χ1v) is 11.6. The first-order chi connectivity index (χ1) is 16.6. The Hall–Kier alpha value is -3.45. The number of halogens is 2. The Labute approximate surface area is 209 Å². The summed E-state index contributed by atoms with van der Waals surface area (Å²) in [6.07, 6.45) is 0. The first kappa shape index (κ1) is 26.2. The molecule has 1 unspecified atom stereocenters. The fraction of sp³-hybridized carbons (Fsp3) is 0.296. The fourth-order valence-electron chi connectivity index (χ4n) is 4.29. The summed E-state index contributed by atoms with van der Waals surface area (Å²) in [7, 11) is 1.30. The maximum Gasteiger partial charge on any atom is 0.354 e. The summed E-state index contributed by atoms with van der Waals surface area (Å²) < 4.78 is 20.1. The minimum atomic E-state index is -0.876. The van der Waals surface area contributed by atoms with E-state index in [0.717, 1.165) is 0 Å². The lowest BCUT2D eigenvalue weighted by atomic mass is 9.98. The molecule has 184 valence electrons. The van der Waals surface area contributed by atoms with Gasteiger partial charge in [0.2, 0.25) is 0 Å². The monoisotopic (exact) mass is 498 g/mol. The van der Waals surface area contributed by atoms with Crippen molar-refractivity contribution >= 4 is 29.3 Å². The van der Waals surface area contributed by atoms with Crippen molar-refractivity contribution in [2.45, 2.75) is 46.8 Å². The first-order valence-electron chi connectivity index (χ1n) is 11.2. The third kappa shape index (κ3) is 5.30. The van der Waals surface area contributed by atoms with Crippen molar-refractivity contribution in [3.63, 3.8) is 0 Å². The second kappa shape index (κ2) is 10.9. The summed E-state index contributed by atoms with van der Waals surface area (Å²) in [6.45, 7) is 7.57. The van der Waals surface area contributed by atoms with Crippen LogP contribution in [-0.2, 0) is 17.8 Å². The Morgan fingerprint density at radius 1 is 1.06 bits per heavy atom. The molecule has 3 rings (SSSR count). The van der Waals surface area contributed by atoms with Crippen molar-refractivity contribution < 1.29 is 23.5 Å². The molecule has 1 atom stereocenters. The van der Waals surface area contributed by atoms with Crippen LogP contribution in [0, 0.1) is 19.7 Å². The second-order valence-corrected chi connectivity index (χ2v) is 8.71. The van der Waals surface area contributed by atoms with Gasteiger partial charge in [-0.05, 0) is 75.2 Å². The zero-order valence-corrected chi connectivity index (χ0v) is 21.1. The molecular formula is C27H28ClFN2O4. The maximum atomic E-state index is 13.8. The summed E-state index contributed by atoms with van der Waals surface area (Å²) in [5.41, 5.74) is 2.87. The van der Waals surface area contributed by atoms with Crippen molar-refractivity contribution in [2.75, 3.05) is 7.11 Å². The Kier molecular flexibility index (Phi) is 8.12. The predicted octanol–water partition coefficient (Wildman–Crippen LogP) is 5.62. The van der Waals surface area contributed by atoms with Crippen LogP contribution in [0.25, 0.3) is 0 Å². The smallest absolute Gasteiger partial charge is 0.354 e. The largest absolute Gasteiger partial charge is 0.464 e. The molecule has 0 fully saturated rings. The highest BCUT2D eigenvalue weighted by Crippen LogP contribution is 2.27. The van der Waals surface area contributed by atoms with Crippen molar-refractivity contribution in [1.29, 1.82) is 0 Å². The number of ketones is 1. The topological polar surface area (TPSA) is 68.6 Å². The average Bonchev–Trinajstić information content (AvgIpc) is 3.11. The summed E-state index contributed by atoms with van der Waals surface area (Å²) >= 11 is 5.98. The van der Waals surface area contributed by atoms with Gasteiger partial charge < -0.3 is 14.2 Å². The third-order valence-electron chi connectivity index (χ3n) is 6.17. The van der Waals surface area contributed by atoms with Gasteiger partial charge in [0.25, 0.3) is 5.91 Å². The van der Waals surface area contributed by atoms with E-state index < -0.39 is 17.8 Å². The molecule has 1 heterocycles. The number of nitrogens with zero attached hydrogens (tertiary/aromatic N) is 2. The molecule has 0 aliphatic carbocycles. The Balaban J connectivity index is 2.06. The fourth-order valence-corrected chi connectivity index (χ4v) is 4.42. The van der Waals surface area contributed by atoms with Crippen molar-refractivity contribution in [2.24, 2.45) is 0 Å². The summed E-state index contributed by atoms with van der Waals surface area (Å²) in [6, 6.07) is 11.3. The van der Waals surface area contributed by atoms with Gasteiger partial charge in [-0.2, -0.15) is 0 Å². The minimum Gasteiger partial charge on any atom is -0.464 e. The van der Waals surface area contributed by atoms with Crippen LogP contribution in [0.2, 0.25) is 5.02 Å². The van der Waals surface area contributed by atoms with Crippen LogP contribution in [0.3, 0.4) is 0 Å². The van der Waals surface area contributed by atoms with Gasteiger partial charge in [0.05, 0.1) is 13.2 Å². The van der Waals surface area contributed by atoms with Gasteiger partial charge in [-0.3, -0.25) is 9.59 Å². The van der Waals surface area contributed by atoms with E-state index in [1.54, 1.807) is 61.7 Å². The van der Waals surface area contributed by atoms with Crippen LogP contribution < -0.4 is 0 Å². The summed E-state index contributed by atoms with van der Waals surface area (Å²) in [5.74, 6) is -1.59. The molecular weight excluding hydrogens is 471 g/mol. The summed E-state index contributed by atoms with van der Waals surface area (Å²) in [4.78, 5) is 41.2. The molecule has 3 aromatic rings. The number of ether oxygens (including phenoxy) is 1. The Bertz CT molecular complexity index is 1250. The molecule has 6 nitrogen and oxygen atoms in total. The minimum absolute atomic E-state index is 0.0884. The average molecular weight is 499 g/mol. The van der Waals surface area contributed by atoms with E-state index in [2.05, 4.69) is 0 Å². The zero-order chi connectivity index (χ0) is 25.9. The number of Topliss-reactive ketones (excluding diaryl/α,β-unsaturated/α-hetero) is 1. The SMILES string of the molecule is CCn1c(C)c(C(=O)C(C)N(Cc2ccc(F)cc2)C(=O)c2ccc(Cl)cc2)c(C)c1C(=O)OC. The number of hydrogen-bond acceptors (Lipinski definition) is 4. The van der Waals surface area contributed by atoms with Gasteiger partial charge in [-0.1, -0.05) is 23.7 Å². The Morgan fingerprint density at radius 3 is 2.20 bits per heavy atom. The van der Waals surface area contributed by atoms with Crippen LogP contribution in [-0.4, -0.2) is 40.3 Å². The third-order valence-corrected chi connectivity index (χ3v) is 6.43. The van der Waals surface area contributed by atoms with E-state index in [4.69, 9.17) is 16.3 Å². The van der Waals surface area contributed by atoms with E-state index in [1.165, 1.54) is 24.1 Å². The maximum absolute atomic E-state index is 13.8. The number of hydrogen-bond donors (Lipinski definition) is 0. The molecule has 1 amide bonds. The van der Waals surface area contributed by atoms with E-state index in [9.17, 15) is 18.8 Å². The van der Waals surface area contributed by atoms with Crippen molar-refractivity contribution in [3.8, 4) is 0 Å². The number of amides is 1. The number of rotatable bonds is 8. The number of esters is 1. The van der Waals surface area contributed by atoms with Crippen molar-refractivity contribution in [1.82, 2.24) is 9.47 Å². The quantitative estimate of drug-likeness (QED) is 0.298. The predicted molar refractivity (Wildman–Crippen MR) is 132 cm³/mol. The molecule has 0 bridgehead atoms. The molecule has 0 radical (unpaired) electrons. The van der Waals surface area contributed by atoms with E-state index in [0.29, 0.717) is 45.2 Å². The lowest BCUT2D eigenvalue weighted by Gasteiger charge is -2.29. The molecule has 0 saturated carbocycles. The van der Waals surface area contributed by atoms with Crippen LogP contribution in [0.1, 0.15) is 61.9 Å². The van der Waals surface area contributed by atoms with Gasteiger partial charge >= 0.3 is 5.97 Å². The number of carbonyl (C=O) groups excluding carboxylic acids is 3.